The van der Waals surface area contributed by atoms with Crippen molar-refractivity contribution >= 4 is 16.7 Å². The fourth-order valence-corrected chi connectivity index (χ4v) is 2.03. The first-order valence-corrected chi connectivity index (χ1v) is 5.85. The molecule has 2 rings (SSSR count). The highest BCUT2D eigenvalue weighted by Gasteiger charge is 2.16. The second kappa shape index (κ2) is 4.64. The zero-order chi connectivity index (χ0) is 13.3. The molecule has 0 unspecified atom stereocenters. The van der Waals surface area contributed by atoms with Crippen molar-refractivity contribution < 1.29 is 9.53 Å². The lowest BCUT2D eigenvalue weighted by molar-refractivity contribution is 0.0527. The average molecular weight is 245 g/mol. The summed E-state index contributed by atoms with van der Waals surface area (Å²) >= 11 is 0. The molecule has 4 heteroatoms. The molecule has 0 saturated heterocycles. The number of ether oxygens (including phenoxy) is 1. The van der Waals surface area contributed by atoms with Crippen LogP contribution in [0.3, 0.4) is 0 Å². The van der Waals surface area contributed by atoms with Crippen LogP contribution in [0.1, 0.15) is 28.5 Å². The Balaban J connectivity index is 2.80. The molecule has 2 aromatic rings. The fraction of sp³-hybridized carbons (Fsp3) is 0.286. The van der Waals surface area contributed by atoms with Gasteiger partial charge in [0.15, 0.2) is 0 Å². The number of hydrogen-bond donors (Lipinski definition) is 1. The third-order valence-electron chi connectivity index (χ3n) is 2.84. The predicted octanol–water partition coefficient (Wildman–Crippen LogP) is 2.32. The first-order valence-electron chi connectivity index (χ1n) is 5.85. The van der Waals surface area contributed by atoms with E-state index in [0.29, 0.717) is 28.6 Å². The van der Waals surface area contributed by atoms with Gasteiger partial charge in [-0.3, -0.25) is 4.79 Å². The standard InChI is InChI=1S/C14H15NO3/c1-4-18-14(17)12-9(3)15-13(16)11-7-8(2)5-6-10(11)12/h5-7H,4H2,1-3H3,(H,15,16). The molecule has 0 radical (unpaired) electrons. The summed E-state index contributed by atoms with van der Waals surface area (Å²) in [5, 5.41) is 1.16. The molecule has 0 aliphatic rings. The Bertz CT molecular complexity index is 671. The zero-order valence-corrected chi connectivity index (χ0v) is 10.7. The van der Waals surface area contributed by atoms with E-state index in [0.717, 1.165) is 5.56 Å². The van der Waals surface area contributed by atoms with Gasteiger partial charge < -0.3 is 9.72 Å². The molecule has 4 nitrogen and oxygen atoms in total. The second-order valence-electron chi connectivity index (χ2n) is 4.22. The van der Waals surface area contributed by atoms with E-state index in [-0.39, 0.29) is 5.56 Å². The highest BCUT2D eigenvalue weighted by molar-refractivity contribution is 6.05. The Morgan fingerprint density at radius 2 is 2.00 bits per heavy atom. The maximum absolute atomic E-state index is 11.9. The highest BCUT2D eigenvalue weighted by atomic mass is 16.5. The topological polar surface area (TPSA) is 59.2 Å². The number of aromatic nitrogens is 1. The number of fused-ring (bicyclic) bond motifs is 1. The molecule has 0 spiro atoms. The van der Waals surface area contributed by atoms with Crippen molar-refractivity contribution in [1.82, 2.24) is 4.98 Å². The summed E-state index contributed by atoms with van der Waals surface area (Å²) in [5.41, 5.74) is 1.77. The summed E-state index contributed by atoms with van der Waals surface area (Å²) in [6, 6.07) is 5.44. The summed E-state index contributed by atoms with van der Waals surface area (Å²) in [5.74, 6) is -0.403. The van der Waals surface area contributed by atoms with E-state index in [1.807, 2.05) is 13.0 Å². The highest BCUT2D eigenvalue weighted by Crippen LogP contribution is 2.20. The SMILES string of the molecule is CCOC(=O)c1c(C)[nH]c(=O)c2cc(C)ccc12. The first kappa shape index (κ1) is 12.4. The van der Waals surface area contributed by atoms with Crippen molar-refractivity contribution in [2.45, 2.75) is 20.8 Å². The third-order valence-corrected chi connectivity index (χ3v) is 2.84. The molecule has 0 fully saturated rings. The minimum Gasteiger partial charge on any atom is -0.462 e. The van der Waals surface area contributed by atoms with Crippen molar-refractivity contribution in [3.8, 4) is 0 Å². The van der Waals surface area contributed by atoms with Crippen LogP contribution < -0.4 is 5.56 Å². The molecule has 0 aliphatic carbocycles. The van der Waals surface area contributed by atoms with E-state index in [1.54, 1.807) is 26.0 Å². The van der Waals surface area contributed by atoms with Crippen LogP contribution in [0.25, 0.3) is 10.8 Å². The molecule has 0 amide bonds. The van der Waals surface area contributed by atoms with Gasteiger partial charge in [-0.1, -0.05) is 17.7 Å². The van der Waals surface area contributed by atoms with Gasteiger partial charge in [-0.15, -0.1) is 0 Å². The van der Waals surface area contributed by atoms with Gasteiger partial charge in [0, 0.05) is 16.5 Å². The molecule has 1 N–H and O–H groups in total. The first-order chi connectivity index (χ1) is 8.54. The van der Waals surface area contributed by atoms with Crippen molar-refractivity contribution in [2.75, 3.05) is 6.61 Å². The minimum atomic E-state index is -0.403. The van der Waals surface area contributed by atoms with E-state index in [2.05, 4.69) is 4.98 Å². The van der Waals surface area contributed by atoms with E-state index in [4.69, 9.17) is 4.74 Å². The molecular weight excluding hydrogens is 230 g/mol. The number of carbonyl (C=O) groups is 1. The molecule has 18 heavy (non-hydrogen) atoms. The third kappa shape index (κ3) is 2.01. The number of rotatable bonds is 2. The van der Waals surface area contributed by atoms with Gasteiger partial charge in [0.05, 0.1) is 12.2 Å². The lowest BCUT2D eigenvalue weighted by Crippen LogP contribution is -2.16. The van der Waals surface area contributed by atoms with E-state index in [1.165, 1.54) is 0 Å². The number of carbonyl (C=O) groups excluding carboxylic acids is 1. The van der Waals surface area contributed by atoms with Gasteiger partial charge in [-0.05, 0) is 26.8 Å². The number of pyridine rings is 1. The van der Waals surface area contributed by atoms with Crippen molar-refractivity contribution in [1.29, 1.82) is 0 Å². The Labute approximate surface area is 105 Å². The van der Waals surface area contributed by atoms with E-state index >= 15 is 0 Å². The van der Waals surface area contributed by atoms with E-state index < -0.39 is 5.97 Å². The van der Waals surface area contributed by atoms with Gasteiger partial charge in [0.2, 0.25) is 0 Å². The molecule has 1 aromatic heterocycles. The van der Waals surface area contributed by atoms with Gasteiger partial charge >= 0.3 is 5.97 Å². The number of H-pyrrole nitrogens is 1. The Hall–Kier alpha value is -2.10. The number of nitrogens with one attached hydrogen (secondary N) is 1. The van der Waals surface area contributed by atoms with Crippen LogP contribution in [0, 0.1) is 13.8 Å². The largest absolute Gasteiger partial charge is 0.462 e. The zero-order valence-electron chi connectivity index (χ0n) is 10.7. The fourth-order valence-electron chi connectivity index (χ4n) is 2.03. The molecule has 94 valence electrons. The lowest BCUT2D eigenvalue weighted by Gasteiger charge is -2.09. The molecule has 0 bridgehead atoms. The Morgan fingerprint density at radius 1 is 1.28 bits per heavy atom. The van der Waals surface area contributed by atoms with E-state index in [9.17, 15) is 9.59 Å². The van der Waals surface area contributed by atoms with Crippen LogP contribution in [-0.2, 0) is 4.74 Å². The maximum atomic E-state index is 11.9. The van der Waals surface area contributed by atoms with Crippen LogP contribution in [0.15, 0.2) is 23.0 Å². The average Bonchev–Trinajstić information content (AvgIpc) is 2.30. The molecular formula is C14H15NO3. The van der Waals surface area contributed by atoms with Crippen molar-refractivity contribution in [2.24, 2.45) is 0 Å². The monoisotopic (exact) mass is 245 g/mol. The summed E-state index contributed by atoms with van der Waals surface area (Å²) < 4.78 is 5.03. The number of benzene rings is 1. The second-order valence-corrected chi connectivity index (χ2v) is 4.22. The normalized spacial score (nSPS) is 10.6. The van der Waals surface area contributed by atoms with Crippen LogP contribution in [0.2, 0.25) is 0 Å². The molecule has 0 aliphatic heterocycles. The quantitative estimate of drug-likeness (QED) is 0.826. The smallest absolute Gasteiger partial charge is 0.340 e. The number of aromatic amines is 1. The van der Waals surface area contributed by atoms with Crippen LogP contribution >= 0.6 is 0 Å². The lowest BCUT2D eigenvalue weighted by atomic mass is 10.0. The van der Waals surface area contributed by atoms with Crippen LogP contribution in [0.4, 0.5) is 0 Å². The number of hydrogen-bond acceptors (Lipinski definition) is 3. The maximum Gasteiger partial charge on any atom is 0.340 e. The van der Waals surface area contributed by atoms with Gasteiger partial charge in [-0.2, -0.15) is 0 Å². The Kier molecular flexibility index (Phi) is 3.19. The van der Waals surface area contributed by atoms with Crippen LogP contribution in [0.5, 0.6) is 0 Å². The van der Waals surface area contributed by atoms with Crippen molar-refractivity contribution in [3.05, 3.63) is 45.4 Å². The minimum absolute atomic E-state index is 0.181. The summed E-state index contributed by atoms with van der Waals surface area (Å²) in [4.78, 5) is 26.5. The number of aryl methyl sites for hydroxylation is 2. The molecule has 0 atom stereocenters. The summed E-state index contributed by atoms with van der Waals surface area (Å²) in [7, 11) is 0. The van der Waals surface area contributed by atoms with Crippen molar-refractivity contribution in [3.63, 3.8) is 0 Å². The van der Waals surface area contributed by atoms with Gasteiger partial charge in [0.1, 0.15) is 0 Å². The van der Waals surface area contributed by atoms with Gasteiger partial charge in [0.25, 0.3) is 5.56 Å². The van der Waals surface area contributed by atoms with Crippen LogP contribution in [-0.4, -0.2) is 17.6 Å². The number of esters is 1. The Morgan fingerprint density at radius 3 is 2.67 bits per heavy atom. The molecule has 1 heterocycles. The predicted molar refractivity (Wildman–Crippen MR) is 70.0 cm³/mol. The molecule has 0 saturated carbocycles. The van der Waals surface area contributed by atoms with Gasteiger partial charge in [-0.25, -0.2) is 4.79 Å². The summed E-state index contributed by atoms with van der Waals surface area (Å²) in [6.45, 7) is 5.67. The molecule has 1 aromatic carbocycles. The summed E-state index contributed by atoms with van der Waals surface area (Å²) in [6.07, 6.45) is 0.